The van der Waals surface area contributed by atoms with Gasteiger partial charge in [0.2, 0.25) is 0 Å². The maximum atomic E-state index is 11.5. The molecule has 0 N–H and O–H groups in total. The number of rotatable bonds is 1. The SMILES string of the molecule is CC(=O)C1CCCN1C(=O)N1OS1(=O)=O. The van der Waals surface area contributed by atoms with Crippen LogP contribution in [0.1, 0.15) is 19.8 Å². The zero-order valence-electron chi connectivity index (χ0n) is 8.04. The molecule has 15 heavy (non-hydrogen) atoms. The molecule has 2 saturated heterocycles. The minimum Gasteiger partial charge on any atom is -0.312 e. The Balaban J connectivity index is 2.11. The van der Waals surface area contributed by atoms with E-state index >= 15 is 0 Å². The highest BCUT2D eigenvalue weighted by molar-refractivity contribution is 7.89. The average molecular weight is 234 g/mol. The number of Topliss-reactive ketones (excluding diaryl/α,β-unsaturated/α-hetero) is 1. The topological polar surface area (TPSA) is 87.1 Å². The van der Waals surface area contributed by atoms with E-state index in [0.29, 0.717) is 23.9 Å². The predicted octanol–water partition coefficient (Wildman–Crippen LogP) is -0.348. The summed E-state index contributed by atoms with van der Waals surface area (Å²) in [4.78, 5) is 23.9. The van der Waals surface area contributed by atoms with Gasteiger partial charge in [0.05, 0.1) is 6.04 Å². The Kier molecular flexibility index (Phi) is 2.19. The molecule has 2 aliphatic heterocycles. The van der Waals surface area contributed by atoms with Crippen LogP contribution in [0.15, 0.2) is 0 Å². The van der Waals surface area contributed by atoms with E-state index in [1.807, 2.05) is 0 Å². The Hall–Kier alpha value is -1.15. The molecule has 1 unspecified atom stereocenters. The van der Waals surface area contributed by atoms with Gasteiger partial charge in [-0.3, -0.25) is 4.79 Å². The quantitative estimate of drug-likeness (QED) is 0.579. The van der Waals surface area contributed by atoms with Gasteiger partial charge in [0, 0.05) is 6.54 Å². The Bertz CT molecular complexity index is 417. The van der Waals surface area contributed by atoms with Crippen molar-refractivity contribution < 1.29 is 22.3 Å². The molecule has 2 aliphatic rings. The smallest absolute Gasteiger partial charge is 0.312 e. The van der Waals surface area contributed by atoms with E-state index in [1.165, 1.54) is 11.8 Å². The fourth-order valence-corrected chi connectivity index (χ4v) is 2.38. The summed E-state index contributed by atoms with van der Waals surface area (Å²) >= 11 is 0. The number of hydrogen-bond donors (Lipinski definition) is 0. The van der Waals surface area contributed by atoms with Crippen LogP contribution in [0, 0.1) is 0 Å². The molecule has 0 radical (unpaired) electrons. The Labute approximate surface area is 86.8 Å². The number of hydroxylamine groups is 1. The molecule has 2 fully saturated rings. The highest BCUT2D eigenvalue weighted by Crippen LogP contribution is 2.28. The maximum Gasteiger partial charge on any atom is 0.412 e. The molecule has 0 aromatic heterocycles. The molecule has 0 spiro atoms. The monoisotopic (exact) mass is 234 g/mol. The maximum absolute atomic E-state index is 11.5. The van der Waals surface area contributed by atoms with Gasteiger partial charge in [-0.15, -0.1) is 4.28 Å². The molecule has 84 valence electrons. The summed E-state index contributed by atoms with van der Waals surface area (Å²) in [6, 6.07) is -1.29. The summed E-state index contributed by atoms with van der Waals surface area (Å²) in [5.41, 5.74) is 0. The fourth-order valence-electron chi connectivity index (χ4n) is 1.72. The van der Waals surface area contributed by atoms with E-state index in [0.717, 1.165) is 0 Å². The number of ketones is 1. The van der Waals surface area contributed by atoms with Crippen LogP contribution in [-0.2, 0) is 19.4 Å². The van der Waals surface area contributed by atoms with Crippen LogP contribution >= 0.6 is 0 Å². The lowest BCUT2D eigenvalue weighted by Gasteiger charge is -2.20. The van der Waals surface area contributed by atoms with Gasteiger partial charge in [-0.25, -0.2) is 4.79 Å². The molecule has 7 nitrogen and oxygen atoms in total. The van der Waals surface area contributed by atoms with E-state index in [1.54, 1.807) is 0 Å². The molecule has 0 aromatic rings. The second kappa shape index (κ2) is 3.17. The van der Waals surface area contributed by atoms with Crippen LogP contribution in [0.25, 0.3) is 0 Å². The molecule has 8 heteroatoms. The number of carbonyl (C=O) groups is 2. The van der Waals surface area contributed by atoms with Gasteiger partial charge in [0.15, 0.2) is 5.78 Å². The van der Waals surface area contributed by atoms with Crippen molar-refractivity contribution in [2.24, 2.45) is 0 Å². The van der Waals surface area contributed by atoms with Crippen molar-refractivity contribution in [3.63, 3.8) is 0 Å². The third-order valence-corrected chi connectivity index (χ3v) is 3.32. The van der Waals surface area contributed by atoms with Crippen molar-refractivity contribution >= 4 is 22.1 Å². The largest absolute Gasteiger partial charge is 0.412 e. The predicted molar refractivity (Wildman–Crippen MR) is 47.6 cm³/mol. The highest BCUT2D eigenvalue weighted by atomic mass is 32.3. The molecular formula is C7H10N2O5S. The molecule has 2 amide bonds. The summed E-state index contributed by atoms with van der Waals surface area (Å²) in [5, 5.41) is 0. The Morgan fingerprint density at radius 1 is 1.40 bits per heavy atom. The van der Waals surface area contributed by atoms with Gasteiger partial charge >= 0.3 is 16.3 Å². The van der Waals surface area contributed by atoms with Crippen molar-refractivity contribution in [2.75, 3.05) is 6.54 Å². The minimum atomic E-state index is -3.81. The normalized spacial score (nSPS) is 27.9. The first-order valence-electron chi connectivity index (χ1n) is 4.49. The number of carbonyl (C=O) groups excluding carboxylic acids is 2. The summed E-state index contributed by atoms with van der Waals surface area (Å²) in [6.07, 6.45) is 1.28. The van der Waals surface area contributed by atoms with Crippen LogP contribution in [-0.4, -0.2) is 42.2 Å². The zero-order chi connectivity index (χ0) is 11.2. The lowest BCUT2D eigenvalue weighted by molar-refractivity contribution is -0.120. The summed E-state index contributed by atoms with van der Waals surface area (Å²) < 4.78 is 25.9. The van der Waals surface area contributed by atoms with Gasteiger partial charge in [-0.1, -0.05) is 0 Å². The summed E-state index contributed by atoms with van der Waals surface area (Å²) in [6.45, 7) is 1.77. The minimum absolute atomic E-state index is 0.139. The highest BCUT2D eigenvalue weighted by Gasteiger charge is 2.52. The first-order valence-corrected chi connectivity index (χ1v) is 5.86. The van der Waals surface area contributed by atoms with Crippen molar-refractivity contribution in [1.29, 1.82) is 0 Å². The van der Waals surface area contributed by atoms with E-state index in [2.05, 4.69) is 4.28 Å². The summed E-state index contributed by atoms with van der Waals surface area (Å²) in [7, 11) is -3.81. The van der Waals surface area contributed by atoms with Crippen LogP contribution in [0.2, 0.25) is 0 Å². The van der Waals surface area contributed by atoms with Crippen LogP contribution in [0.5, 0.6) is 0 Å². The molecule has 0 saturated carbocycles. The third kappa shape index (κ3) is 1.70. The van der Waals surface area contributed by atoms with Gasteiger partial charge in [0.1, 0.15) is 0 Å². The number of nitrogens with zero attached hydrogens (tertiary/aromatic N) is 2. The van der Waals surface area contributed by atoms with Crippen molar-refractivity contribution in [3.8, 4) is 0 Å². The average Bonchev–Trinajstić information content (AvgIpc) is 2.65. The zero-order valence-corrected chi connectivity index (χ0v) is 8.86. The van der Waals surface area contributed by atoms with E-state index in [9.17, 15) is 18.0 Å². The molecule has 2 heterocycles. The number of urea groups is 1. The van der Waals surface area contributed by atoms with E-state index < -0.39 is 22.4 Å². The number of amides is 2. The van der Waals surface area contributed by atoms with Gasteiger partial charge in [0.25, 0.3) is 0 Å². The van der Waals surface area contributed by atoms with Crippen LogP contribution in [0.4, 0.5) is 4.79 Å². The molecule has 0 bridgehead atoms. The van der Waals surface area contributed by atoms with Gasteiger partial charge in [-0.2, -0.15) is 8.42 Å². The standard InChI is InChI=1S/C7H10N2O5S/c1-5(10)6-3-2-4-8(6)7(11)9-14-15(9,12)13/h6H,2-4H2,1H3. The molecular weight excluding hydrogens is 224 g/mol. The molecule has 0 aromatic carbocycles. The van der Waals surface area contributed by atoms with Crippen molar-refractivity contribution in [1.82, 2.24) is 9.37 Å². The number of hydrogen-bond acceptors (Lipinski definition) is 5. The van der Waals surface area contributed by atoms with Gasteiger partial charge in [-0.05, 0) is 24.2 Å². The molecule has 1 atom stereocenters. The second-order valence-corrected chi connectivity index (χ2v) is 4.84. The van der Waals surface area contributed by atoms with Crippen LogP contribution in [0.3, 0.4) is 0 Å². The van der Waals surface area contributed by atoms with Crippen molar-refractivity contribution in [3.05, 3.63) is 0 Å². The second-order valence-electron chi connectivity index (χ2n) is 3.50. The van der Waals surface area contributed by atoms with E-state index in [-0.39, 0.29) is 5.78 Å². The Morgan fingerprint density at radius 3 is 2.47 bits per heavy atom. The van der Waals surface area contributed by atoms with E-state index in [4.69, 9.17) is 0 Å². The first kappa shape index (κ1) is 10.4. The fraction of sp³-hybridized carbons (Fsp3) is 0.714. The van der Waals surface area contributed by atoms with Crippen molar-refractivity contribution in [2.45, 2.75) is 25.8 Å². The summed E-state index contributed by atoms with van der Waals surface area (Å²) in [5.74, 6) is -0.139. The lowest BCUT2D eigenvalue weighted by Crippen LogP contribution is -2.42. The third-order valence-electron chi connectivity index (χ3n) is 2.47. The van der Waals surface area contributed by atoms with Crippen LogP contribution < -0.4 is 0 Å². The lowest BCUT2D eigenvalue weighted by atomic mass is 10.1. The first-order chi connectivity index (χ1) is 6.93. The molecule has 0 aliphatic carbocycles. The Morgan fingerprint density at radius 2 is 2.00 bits per heavy atom. The van der Waals surface area contributed by atoms with Gasteiger partial charge < -0.3 is 4.90 Å². The number of likely N-dealkylation sites (tertiary alicyclic amines) is 1. The molecule has 2 rings (SSSR count).